The number of rotatable bonds is 2. The van der Waals surface area contributed by atoms with Crippen LogP contribution in [0, 0.1) is 11.6 Å². The van der Waals surface area contributed by atoms with E-state index in [9.17, 15) is 27.1 Å². The van der Waals surface area contributed by atoms with Gasteiger partial charge in [-0.15, -0.1) is 0 Å². The van der Waals surface area contributed by atoms with Crippen molar-refractivity contribution in [2.24, 2.45) is 0 Å². The number of Topliss-reactive ketones (excluding diaryl/α,β-unsaturated/α-hetero) is 1. The molecule has 124 valence electrons. The molecule has 0 aliphatic carbocycles. The van der Waals surface area contributed by atoms with Gasteiger partial charge in [0, 0.05) is 18.2 Å². The van der Waals surface area contributed by atoms with E-state index in [1.807, 2.05) is 0 Å². The molecule has 6 nitrogen and oxygen atoms in total. The van der Waals surface area contributed by atoms with Crippen molar-refractivity contribution in [3.8, 4) is 0 Å². The van der Waals surface area contributed by atoms with Gasteiger partial charge < -0.3 is 9.84 Å². The van der Waals surface area contributed by atoms with Gasteiger partial charge in [-0.3, -0.25) is 4.79 Å². The lowest BCUT2D eigenvalue weighted by atomic mass is 9.91. The highest BCUT2D eigenvalue weighted by atomic mass is 32.2. The molecule has 1 aromatic carbocycles. The van der Waals surface area contributed by atoms with E-state index in [0.717, 1.165) is 16.4 Å². The summed E-state index contributed by atoms with van der Waals surface area (Å²) in [4.78, 5) is 12.3. The summed E-state index contributed by atoms with van der Waals surface area (Å²) in [6.07, 6.45) is 0.321. The zero-order valence-electron chi connectivity index (χ0n) is 12.0. The molecule has 0 spiro atoms. The molecule has 1 unspecified atom stereocenters. The fraction of sp³-hybridized carbons (Fsp3) is 0.357. The molecule has 2 aliphatic rings. The van der Waals surface area contributed by atoms with Crippen molar-refractivity contribution in [3.63, 3.8) is 0 Å². The molecule has 0 amide bonds. The van der Waals surface area contributed by atoms with Crippen LogP contribution < -0.4 is 0 Å². The van der Waals surface area contributed by atoms with Crippen LogP contribution in [0.25, 0.3) is 0 Å². The number of aliphatic hydroxyl groups excluding tert-OH is 1. The second kappa shape index (κ2) is 4.92. The van der Waals surface area contributed by atoms with E-state index in [1.165, 1.54) is 6.92 Å². The highest BCUT2D eigenvalue weighted by Gasteiger charge is 2.51. The highest BCUT2D eigenvalue weighted by Crippen LogP contribution is 2.41. The zero-order chi connectivity index (χ0) is 17.0. The molecule has 0 aromatic heterocycles. The third-order valence-electron chi connectivity index (χ3n) is 3.89. The predicted molar refractivity (Wildman–Crippen MR) is 74.6 cm³/mol. The first-order chi connectivity index (χ1) is 10.6. The normalized spacial score (nSPS) is 26.7. The second-order valence-electron chi connectivity index (χ2n) is 5.52. The van der Waals surface area contributed by atoms with Gasteiger partial charge in [-0.25, -0.2) is 21.5 Å². The number of carbonyl (C=O) groups is 1. The van der Waals surface area contributed by atoms with E-state index in [4.69, 9.17) is 4.74 Å². The molecular formula is C14H13F2NO5S. The Morgan fingerprint density at radius 1 is 1.26 bits per heavy atom. The lowest BCUT2D eigenvalue weighted by Crippen LogP contribution is -2.33. The van der Waals surface area contributed by atoms with Crippen molar-refractivity contribution in [3.05, 3.63) is 47.0 Å². The second-order valence-corrected chi connectivity index (χ2v) is 7.53. The van der Waals surface area contributed by atoms with Gasteiger partial charge in [0.15, 0.2) is 5.60 Å². The molecule has 9 heteroatoms. The van der Waals surface area contributed by atoms with Gasteiger partial charge in [-0.1, -0.05) is 0 Å². The maximum absolute atomic E-state index is 13.4. The standard InChI is InChI=1S/C14H13F2NO5S/c1-14(8-5-9(15)7-10(16)6-8)12(19)11(18)13(22-14)17-3-2-4-23(17,20)21/h5-7,18H,2-4H2,1H3. The molecule has 0 saturated carbocycles. The van der Waals surface area contributed by atoms with Crippen LogP contribution in [0.1, 0.15) is 18.9 Å². The van der Waals surface area contributed by atoms with E-state index >= 15 is 0 Å². The molecule has 1 atom stereocenters. The monoisotopic (exact) mass is 345 g/mol. The van der Waals surface area contributed by atoms with Gasteiger partial charge in [-0.2, -0.15) is 0 Å². The fourth-order valence-corrected chi connectivity index (χ4v) is 4.17. The average molecular weight is 345 g/mol. The Kier molecular flexibility index (Phi) is 3.36. The van der Waals surface area contributed by atoms with Crippen LogP contribution in [-0.2, 0) is 25.2 Å². The zero-order valence-corrected chi connectivity index (χ0v) is 12.9. The third kappa shape index (κ3) is 2.35. The summed E-state index contributed by atoms with van der Waals surface area (Å²) in [5.74, 6) is -4.30. The number of hydrogen-bond donors (Lipinski definition) is 1. The summed E-state index contributed by atoms with van der Waals surface area (Å²) in [6, 6.07) is 2.43. The minimum Gasteiger partial charge on any atom is -0.501 e. The van der Waals surface area contributed by atoms with Crippen molar-refractivity contribution in [1.29, 1.82) is 0 Å². The van der Waals surface area contributed by atoms with Crippen molar-refractivity contribution in [1.82, 2.24) is 4.31 Å². The van der Waals surface area contributed by atoms with E-state index < -0.39 is 44.7 Å². The molecule has 3 rings (SSSR count). The van der Waals surface area contributed by atoms with Gasteiger partial charge in [0.1, 0.15) is 11.6 Å². The maximum Gasteiger partial charge on any atom is 0.252 e. The molecule has 2 aliphatic heterocycles. The van der Waals surface area contributed by atoms with Gasteiger partial charge in [0.25, 0.3) is 11.7 Å². The topological polar surface area (TPSA) is 83.9 Å². The van der Waals surface area contributed by atoms with E-state index in [0.29, 0.717) is 12.5 Å². The molecule has 1 saturated heterocycles. The fourth-order valence-electron chi connectivity index (χ4n) is 2.67. The Labute approximate surface area is 131 Å². The van der Waals surface area contributed by atoms with E-state index in [1.54, 1.807) is 0 Å². The lowest BCUT2D eigenvalue weighted by molar-refractivity contribution is -0.132. The number of ketones is 1. The Hall–Kier alpha value is -2.16. The number of ether oxygens (including phenoxy) is 1. The maximum atomic E-state index is 13.4. The quantitative estimate of drug-likeness (QED) is 0.879. The van der Waals surface area contributed by atoms with Crippen molar-refractivity contribution >= 4 is 15.8 Å². The lowest BCUT2D eigenvalue weighted by Gasteiger charge is -2.26. The summed E-state index contributed by atoms with van der Waals surface area (Å²) in [7, 11) is -3.69. The smallest absolute Gasteiger partial charge is 0.252 e. The SMILES string of the molecule is CC1(c2cc(F)cc(F)c2)OC(N2CCCS2(=O)=O)=C(O)C1=O. The van der Waals surface area contributed by atoms with Crippen LogP contribution in [0.5, 0.6) is 0 Å². The predicted octanol–water partition coefficient (Wildman–Crippen LogP) is 1.54. The Balaban J connectivity index is 2.04. The molecule has 23 heavy (non-hydrogen) atoms. The number of halogens is 2. The van der Waals surface area contributed by atoms with E-state index in [-0.39, 0.29) is 17.9 Å². The van der Waals surface area contributed by atoms with Crippen LogP contribution in [0.2, 0.25) is 0 Å². The van der Waals surface area contributed by atoms with Crippen LogP contribution in [-0.4, -0.2) is 35.9 Å². The van der Waals surface area contributed by atoms with Gasteiger partial charge in [-0.05, 0) is 25.5 Å². The number of sulfonamides is 1. The Bertz CT molecular complexity index is 815. The number of nitrogens with zero attached hydrogens (tertiary/aromatic N) is 1. The highest BCUT2D eigenvalue weighted by molar-refractivity contribution is 7.89. The molecule has 1 aromatic rings. The average Bonchev–Trinajstić information content (AvgIpc) is 2.90. The summed E-state index contributed by atoms with van der Waals surface area (Å²) >= 11 is 0. The van der Waals surface area contributed by atoms with Crippen molar-refractivity contribution < 1.29 is 31.8 Å². The van der Waals surface area contributed by atoms with E-state index in [2.05, 4.69) is 0 Å². The molecule has 0 radical (unpaired) electrons. The van der Waals surface area contributed by atoms with Crippen LogP contribution >= 0.6 is 0 Å². The van der Waals surface area contributed by atoms with Crippen LogP contribution in [0.3, 0.4) is 0 Å². The summed E-state index contributed by atoms with van der Waals surface area (Å²) < 4.78 is 56.9. The van der Waals surface area contributed by atoms with Crippen LogP contribution in [0.4, 0.5) is 8.78 Å². The number of hydrogen-bond acceptors (Lipinski definition) is 5. The molecular weight excluding hydrogens is 332 g/mol. The molecule has 1 N–H and O–H groups in total. The minimum atomic E-state index is -3.69. The third-order valence-corrected chi connectivity index (χ3v) is 5.72. The summed E-state index contributed by atoms with van der Waals surface area (Å²) in [5, 5.41) is 10.00. The number of benzene rings is 1. The van der Waals surface area contributed by atoms with Gasteiger partial charge >= 0.3 is 0 Å². The number of aliphatic hydroxyl groups is 1. The minimum absolute atomic E-state index is 0.0581. The molecule has 0 bridgehead atoms. The first-order valence-electron chi connectivity index (χ1n) is 6.79. The first kappa shape index (κ1) is 15.7. The first-order valence-corrected chi connectivity index (χ1v) is 8.40. The van der Waals surface area contributed by atoms with Gasteiger partial charge in [0.2, 0.25) is 15.8 Å². The van der Waals surface area contributed by atoms with Crippen molar-refractivity contribution in [2.45, 2.75) is 18.9 Å². The summed E-state index contributed by atoms with van der Waals surface area (Å²) in [5.41, 5.74) is -2.06. The largest absolute Gasteiger partial charge is 0.501 e. The van der Waals surface area contributed by atoms with Crippen LogP contribution in [0.15, 0.2) is 29.8 Å². The molecule has 2 heterocycles. The van der Waals surface area contributed by atoms with Crippen molar-refractivity contribution in [2.75, 3.05) is 12.3 Å². The molecule has 1 fully saturated rings. The van der Waals surface area contributed by atoms with Gasteiger partial charge in [0.05, 0.1) is 5.75 Å². The Morgan fingerprint density at radius 3 is 2.39 bits per heavy atom. The summed E-state index contributed by atoms with van der Waals surface area (Å²) in [6.45, 7) is 1.28. The number of carbonyl (C=O) groups excluding carboxylic acids is 1. The Morgan fingerprint density at radius 2 is 1.87 bits per heavy atom.